The molecule has 3 aliphatic rings. The summed E-state index contributed by atoms with van der Waals surface area (Å²) in [4.78, 5) is 43.0. The number of rotatable bonds is 6. The number of ether oxygens (including phenoxy) is 1. The van der Waals surface area contributed by atoms with Gasteiger partial charge in [-0.05, 0) is 81.8 Å². The first-order chi connectivity index (χ1) is 19.7. The zero-order valence-electron chi connectivity index (χ0n) is 24.1. The fourth-order valence-electron chi connectivity index (χ4n) is 6.93. The minimum atomic E-state index is -2.68. The zero-order chi connectivity index (χ0) is 30.8. The van der Waals surface area contributed by atoms with Crippen molar-refractivity contribution >= 4 is 23.2 Å². The van der Waals surface area contributed by atoms with E-state index in [0.717, 1.165) is 11.1 Å². The second kappa shape index (κ2) is 10.3. The highest BCUT2D eigenvalue weighted by molar-refractivity contribution is 6.24. The largest absolute Gasteiger partial charge is 0.508 e. The summed E-state index contributed by atoms with van der Waals surface area (Å²) in [6, 6.07) is 7.77. The van der Waals surface area contributed by atoms with Gasteiger partial charge in [-0.25, -0.2) is 0 Å². The lowest BCUT2D eigenvalue weighted by Crippen LogP contribution is -2.65. The van der Waals surface area contributed by atoms with Gasteiger partial charge in [0.05, 0.1) is 18.7 Å². The lowest BCUT2D eigenvalue weighted by Gasteiger charge is -2.50. The van der Waals surface area contributed by atoms with E-state index in [4.69, 9.17) is 10.5 Å². The Kier molecular flexibility index (Phi) is 7.16. The molecule has 1 amide bonds. The highest BCUT2D eigenvalue weighted by atomic mass is 16.5. The number of likely N-dealkylation sites (N-methyl/N-ethyl adjacent to an activating group) is 1. The summed E-state index contributed by atoms with van der Waals surface area (Å²) in [6.07, 6.45) is 0.192. The number of phenols is 1. The second-order valence-electron chi connectivity index (χ2n) is 11.7. The van der Waals surface area contributed by atoms with Gasteiger partial charge in [-0.15, -0.1) is 0 Å². The van der Waals surface area contributed by atoms with Gasteiger partial charge in [0.2, 0.25) is 5.78 Å². The average molecular weight is 578 g/mol. The van der Waals surface area contributed by atoms with Gasteiger partial charge in [-0.3, -0.25) is 19.3 Å². The molecule has 0 spiro atoms. The molecule has 2 aromatic carbocycles. The molecule has 0 aliphatic heterocycles. The maximum Gasteiger partial charge on any atom is 0.255 e. The van der Waals surface area contributed by atoms with Crippen LogP contribution in [0.15, 0.2) is 47.2 Å². The van der Waals surface area contributed by atoms with Gasteiger partial charge < -0.3 is 35.8 Å². The van der Waals surface area contributed by atoms with E-state index in [1.54, 1.807) is 27.3 Å². The van der Waals surface area contributed by atoms with Crippen molar-refractivity contribution in [1.82, 2.24) is 9.80 Å². The minimum absolute atomic E-state index is 0.0126. The minimum Gasteiger partial charge on any atom is -0.508 e. The Hall–Kier alpha value is -4.19. The molecule has 4 atom stereocenters. The van der Waals surface area contributed by atoms with Crippen LogP contribution < -0.4 is 10.5 Å². The number of methoxy groups -OCH3 is 1. The van der Waals surface area contributed by atoms with E-state index in [-0.39, 0.29) is 29.7 Å². The van der Waals surface area contributed by atoms with E-state index in [0.29, 0.717) is 23.4 Å². The number of nitrogens with zero attached hydrogens (tertiary/aromatic N) is 2. The van der Waals surface area contributed by atoms with E-state index in [9.17, 15) is 34.8 Å². The molecule has 11 heteroatoms. The summed E-state index contributed by atoms with van der Waals surface area (Å²) in [5, 5.41) is 45.3. The monoisotopic (exact) mass is 577 g/mol. The molecule has 0 bridgehead atoms. The molecule has 6 N–H and O–H groups in total. The Balaban J connectivity index is 1.73. The summed E-state index contributed by atoms with van der Waals surface area (Å²) in [7, 11) is 8.59. The quantitative estimate of drug-likeness (QED) is 0.318. The molecule has 0 unspecified atom stereocenters. The highest BCUT2D eigenvalue weighted by Crippen LogP contribution is 2.54. The Bertz CT molecular complexity index is 1590. The topological polar surface area (TPSA) is 174 Å². The highest BCUT2D eigenvalue weighted by Gasteiger charge is 2.64. The number of fused-ring (bicyclic) bond motifs is 3. The van der Waals surface area contributed by atoms with E-state index in [1.807, 2.05) is 37.2 Å². The van der Waals surface area contributed by atoms with Crippen molar-refractivity contribution < 1.29 is 39.5 Å². The maximum absolute atomic E-state index is 14.1. The smallest absolute Gasteiger partial charge is 0.255 e. The third-order valence-electron chi connectivity index (χ3n) is 8.66. The van der Waals surface area contributed by atoms with E-state index in [1.165, 1.54) is 11.0 Å². The number of amides is 1. The number of hydrogen-bond donors (Lipinski definition) is 5. The first kappa shape index (κ1) is 29.3. The lowest BCUT2D eigenvalue weighted by molar-refractivity contribution is -0.153. The third-order valence-corrected chi connectivity index (χ3v) is 8.66. The number of carbonyl (C=O) groups excluding carboxylic acids is 3. The number of Topliss-reactive ketones (excluding diaryl/α,β-unsaturated/α-hetero) is 2. The van der Waals surface area contributed by atoms with Crippen molar-refractivity contribution in [2.24, 2.45) is 17.6 Å². The molecule has 222 valence electrons. The number of primary amides is 1. The van der Waals surface area contributed by atoms with Crippen LogP contribution >= 0.6 is 0 Å². The van der Waals surface area contributed by atoms with Crippen LogP contribution in [0.5, 0.6) is 11.5 Å². The zero-order valence-corrected chi connectivity index (χ0v) is 24.1. The third kappa shape index (κ3) is 4.19. The average Bonchev–Trinajstić information content (AvgIpc) is 2.90. The van der Waals surface area contributed by atoms with Crippen molar-refractivity contribution in [1.29, 1.82) is 0 Å². The Morgan fingerprint density at radius 3 is 2.36 bits per heavy atom. The van der Waals surface area contributed by atoms with Crippen LogP contribution in [0.4, 0.5) is 0 Å². The van der Waals surface area contributed by atoms with Gasteiger partial charge in [-0.1, -0.05) is 12.1 Å². The van der Waals surface area contributed by atoms with Crippen molar-refractivity contribution in [3.63, 3.8) is 0 Å². The van der Waals surface area contributed by atoms with Gasteiger partial charge in [0.1, 0.15) is 28.6 Å². The van der Waals surface area contributed by atoms with Crippen LogP contribution in [0.3, 0.4) is 0 Å². The molecule has 5 rings (SSSR count). The Morgan fingerprint density at radius 2 is 1.76 bits per heavy atom. The van der Waals surface area contributed by atoms with Crippen LogP contribution in [0.25, 0.3) is 16.9 Å². The first-order valence-corrected chi connectivity index (χ1v) is 13.6. The molecule has 0 aromatic heterocycles. The van der Waals surface area contributed by atoms with Crippen LogP contribution in [-0.4, -0.2) is 94.6 Å². The normalized spacial score (nSPS) is 25.5. The van der Waals surface area contributed by atoms with Crippen molar-refractivity contribution in [3.05, 3.63) is 63.9 Å². The number of carbonyl (C=O) groups is 3. The van der Waals surface area contributed by atoms with E-state index in [2.05, 4.69) is 0 Å². The van der Waals surface area contributed by atoms with Crippen molar-refractivity contribution in [2.75, 3.05) is 35.3 Å². The van der Waals surface area contributed by atoms with Crippen LogP contribution in [0.1, 0.15) is 23.1 Å². The number of aliphatic hydroxyl groups is 3. The van der Waals surface area contributed by atoms with E-state index >= 15 is 0 Å². The summed E-state index contributed by atoms with van der Waals surface area (Å²) in [6.45, 7) is 0.661. The van der Waals surface area contributed by atoms with E-state index < -0.39 is 58.0 Å². The molecule has 11 nitrogen and oxygen atoms in total. The van der Waals surface area contributed by atoms with Gasteiger partial charge >= 0.3 is 0 Å². The molecule has 1 saturated carbocycles. The fourth-order valence-corrected chi connectivity index (χ4v) is 6.93. The lowest BCUT2D eigenvalue weighted by atomic mass is 9.57. The van der Waals surface area contributed by atoms with Gasteiger partial charge in [0, 0.05) is 23.6 Å². The molecular weight excluding hydrogens is 542 g/mol. The Morgan fingerprint density at radius 1 is 1.07 bits per heavy atom. The van der Waals surface area contributed by atoms with Crippen LogP contribution in [0, 0.1) is 11.8 Å². The summed E-state index contributed by atoms with van der Waals surface area (Å²) >= 11 is 0. The summed E-state index contributed by atoms with van der Waals surface area (Å²) < 4.78 is 5.66. The molecule has 2 aromatic rings. The number of nitrogens with two attached hydrogens (primary N) is 1. The number of benzene rings is 2. The molecule has 0 heterocycles. The second-order valence-corrected chi connectivity index (χ2v) is 11.7. The standard InChI is InChI=1S/C31H35N3O8/c1-33(2)13-14-6-9-21(42-5)17(10-14)16-7-8-20(35)23-18(16)11-15-12-19-25(34(3)4)27(37)24(30(32)40)29(39)31(19,41)28(38)22(15)26(23)36/h6-10,15,19,25,35-36,39,41H,11-13H2,1-5H3,(H2,32,40)/t15-,19-,25-,31-/m0/s1. The van der Waals surface area contributed by atoms with Crippen molar-refractivity contribution in [3.8, 4) is 22.6 Å². The molecule has 3 aliphatic carbocycles. The predicted molar refractivity (Wildman–Crippen MR) is 154 cm³/mol. The molecule has 0 saturated heterocycles. The predicted octanol–water partition coefficient (Wildman–Crippen LogP) is 1.70. The number of aromatic hydroxyl groups is 1. The fraction of sp³-hybridized carbons (Fsp3) is 0.387. The number of ketones is 2. The molecule has 1 fully saturated rings. The van der Waals surface area contributed by atoms with Gasteiger partial charge in [0.15, 0.2) is 11.4 Å². The SMILES string of the molecule is COc1ccc(CN(C)C)cc1-c1ccc(O)c2c1C[C@H]1C[C@H]3[C@H](N(C)C)C(=O)C(C(N)=O)=C(O)[C@@]3(O)C(=O)C1=C2O. The first-order valence-electron chi connectivity index (χ1n) is 13.6. The summed E-state index contributed by atoms with van der Waals surface area (Å²) in [5.74, 6) is -6.27. The number of aliphatic hydroxyl groups excluding tert-OH is 2. The van der Waals surface area contributed by atoms with Crippen LogP contribution in [-0.2, 0) is 27.3 Å². The Labute approximate surface area is 243 Å². The summed E-state index contributed by atoms with van der Waals surface area (Å²) in [5.41, 5.74) is 4.70. The van der Waals surface area contributed by atoms with Crippen molar-refractivity contribution in [2.45, 2.75) is 31.0 Å². The number of phenolic OH excluding ortho intramolecular Hbond substituents is 1. The molecule has 42 heavy (non-hydrogen) atoms. The number of hydrogen-bond acceptors (Lipinski definition) is 10. The molecular formula is C31H35N3O8. The van der Waals surface area contributed by atoms with Crippen LogP contribution in [0.2, 0.25) is 0 Å². The molecule has 0 radical (unpaired) electrons. The van der Waals surface area contributed by atoms with Gasteiger partial charge in [-0.2, -0.15) is 0 Å². The maximum atomic E-state index is 14.1. The van der Waals surface area contributed by atoms with Gasteiger partial charge in [0.25, 0.3) is 5.91 Å².